The first kappa shape index (κ1) is 21.5. The molecule has 146 valence electrons. The van der Waals surface area contributed by atoms with Gasteiger partial charge in [0.25, 0.3) is 5.91 Å². The molecule has 0 heterocycles. The molecule has 1 amide bonds. The lowest BCUT2D eigenvalue weighted by atomic mass is 10.1. The Morgan fingerprint density at radius 3 is 2.68 bits per heavy atom. The van der Waals surface area contributed by atoms with E-state index < -0.39 is 0 Å². The number of methoxy groups -OCH3 is 1. The third-order valence-electron chi connectivity index (χ3n) is 3.97. The number of amides is 1. The Balaban J connectivity index is 2.21. The van der Waals surface area contributed by atoms with Crippen LogP contribution in [0.15, 0.2) is 52.5 Å². The summed E-state index contributed by atoms with van der Waals surface area (Å²) in [5, 5.41) is 12.1. The molecule has 0 spiro atoms. The molecule has 0 fully saturated rings. The van der Waals surface area contributed by atoms with Crippen LogP contribution < -0.4 is 14.8 Å². The summed E-state index contributed by atoms with van der Waals surface area (Å²) in [6.45, 7) is 2.99. The highest BCUT2D eigenvalue weighted by atomic mass is 79.9. The molecular formula is C22H23BrN2O3. The maximum atomic E-state index is 12.1. The van der Waals surface area contributed by atoms with Crippen LogP contribution in [0.1, 0.15) is 30.9 Å². The number of nitriles is 1. The first-order valence-electron chi connectivity index (χ1n) is 9.03. The van der Waals surface area contributed by atoms with Crippen LogP contribution in [0.2, 0.25) is 0 Å². The van der Waals surface area contributed by atoms with Crippen LogP contribution in [-0.4, -0.2) is 19.6 Å². The van der Waals surface area contributed by atoms with Crippen molar-refractivity contribution in [3.05, 3.63) is 63.6 Å². The van der Waals surface area contributed by atoms with E-state index in [1.54, 1.807) is 19.2 Å². The van der Waals surface area contributed by atoms with Crippen molar-refractivity contribution in [1.29, 1.82) is 5.26 Å². The molecule has 0 aliphatic rings. The molecule has 2 aromatic carbocycles. The van der Waals surface area contributed by atoms with Gasteiger partial charge in [-0.3, -0.25) is 4.79 Å². The molecule has 5 nitrogen and oxygen atoms in total. The molecule has 0 bridgehead atoms. The lowest BCUT2D eigenvalue weighted by Crippen LogP contribution is -2.25. The summed E-state index contributed by atoms with van der Waals surface area (Å²) in [6.07, 6.45) is 3.38. The van der Waals surface area contributed by atoms with Crippen LogP contribution in [0.4, 0.5) is 0 Å². The second-order valence-electron chi connectivity index (χ2n) is 6.09. The maximum absolute atomic E-state index is 12.1. The fraction of sp³-hybridized carbons (Fsp3) is 0.273. The van der Waals surface area contributed by atoms with Gasteiger partial charge in [-0.05, 0) is 51.7 Å². The van der Waals surface area contributed by atoms with Crippen molar-refractivity contribution in [3.63, 3.8) is 0 Å². The normalized spacial score (nSPS) is 10.9. The number of hydrogen-bond donors (Lipinski definition) is 1. The quantitative estimate of drug-likeness (QED) is 0.341. The van der Waals surface area contributed by atoms with Crippen molar-refractivity contribution in [2.75, 3.05) is 13.7 Å². The molecule has 28 heavy (non-hydrogen) atoms. The third-order valence-corrected chi connectivity index (χ3v) is 4.56. The Hall–Kier alpha value is -2.78. The fourth-order valence-electron chi connectivity index (χ4n) is 2.48. The number of carbonyl (C=O) groups is 1. The minimum absolute atomic E-state index is 0.0445. The summed E-state index contributed by atoms with van der Waals surface area (Å²) in [7, 11) is 1.55. The van der Waals surface area contributed by atoms with E-state index in [0.717, 1.165) is 18.4 Å². The SMILES string of the molecule is CCCCNC(=O)/C(C#N)=C\c1cc(Br)c(OCc2ccccc2)c(OC)c1. The van der Waals surface area contributed by atoms with Gasteiger partial charge in [0.05, 0.1) is 11.6 Å². The van der Waals surface area contributed by atoms with Crippen molar-refractivity contribution in [2.24, 2.45) is 0 Å². The van der Waals surface area contributed by atoms with Crippen LogP contribution >= 0.6 is 15.9 Å². The van der Waals surface area contributed by atoms with Gasteiger partial charge in [-0.15, -0.1) is 0 Å². The molecule has 2 rings (SSSR count). The van der Waals surface area contributed by atoms with Crippen LogP contribution in [0.5, 0.6) is 11.5 Å². The predicted molar refractivity (Wildman–Crippen MR) is 113 cm³/mol. The molecule has 2 aromatic rings. The van der Waals surface area contributed by atoms with E-state index in [1.807, 2.05) is 43.3 Å². The number of nitrogens with one attached hydrogen (secondary N) is 1. The van der Waals surface area contributed by atoms with Crippen molar-refractivity contribution >= 4 is 27.9 Å². The second-order valence-corrected chi connectivity index (χ2v) is 6.94. The van der Waals surface area contributed by atoms with E-state index in [2.05, 4.69) is 21.2 Å². The highest BCUT2D eigenvalue weighted by Gasteiger charge is 2.14. The maximum Gasteiger partial charge on any atom is 0.261 e. The summed E-state index contributed by atoms with van der Waals surface area (Å²) in [4.78, 5) is 12.1. The van der Waals surface area contributed by atoms with Gasteiger partial charge in [0, 0.05) is 6.54 Å². The largest absolute Gasteiger partial charge is 0.493 e. The number of hydrogen-bond acceptors (Lipinski definition) is 4. The fourth-order valence-corrected chi connectivity index (χ4v) is 3.06. The van der Waals surface area contributed by atoms with E-state index in [9.17, 15) is 10.1 Å². The number of unbranched alkanes of at least 4 members (excludes halogenated alkanes) is 1. The zero-order valence-corrected chi connectivity index (χ0v) is 17.6. The Morgan fingerprint density at radius 2 is 2.04 bits per heavy atom. The van der Waals surface area contributed by atoms with Gasteiger partial charge < -0.3 is 14.8 Å². The highest BCUT2D eigenvalue weighted by Crippen LogP contribution is 2.37. The summed E-state index contributed by atoms with van der Waals surface area (Å²) < 4.78 is 12.0. The van der Waals surface area contributed by atoms with E-state index in [-0.39, 0.29) is 11.5 Å². The monoisotopic (exact) mass is 442 g/mol. The van der Waals surface area contributed by atoms with Gasteiger partial charge in [0.1, 0.15) is 18.2 Å². The molecule has 0 aliphatic heterocycles. The van der Waals surface area contributed by atoms with Gasteiger partial charge in [0.15, 0.2) is 11.5 Å². The number of ether oxygens (including phenoxy) is 2. The number of carbonyl (C=O) groups excluding carboxylic acids is 1. The molecular weight excluding hydrogens is 420 g/mol. The minimum atomic E-state index is -0.379. The van der Waals surface area contributed by atoms with Gasteiger partial charge >= 0.3 is 0 Å². The smallest absolute Gasteiger partial charge is 0.261 e. The van der Waals surface area contributed by atoms with Crippen molar-refractivity contribution < 1.29 is 14.3 Å². The Kier molecular flexibility index (Phi) is 8.57. The van der Waals surface area contributed by atoms with Crippen molar-refractivity contribution in [1.82, 2.24) is 5.32 Å². The Bertz CT molecular complexity index is 873. The van der Waals surface area contributed by atoms with E-state index in [1.165, 1.54) is 6.08 Å². The topological polar surface area (TPSA) is 71.4 Å². The van der Waals surface area contributed by atoms with Gasteiger partial charge in [-0.1, -0.05) is 43.7 Å². The number of halogens is 1. The van der Waals surface area contributed by atoms with E-state index >= 15 is 0 Å². The summed E-state index contributed by atoms with van der Waals surface area (Å²) >= 11 is 3.49. The molecule has 6 heteroatoms. The number of nitrogens with zero attached hydrogens (tertiary/aromatic N) is 1. The van der Waals surface area contributed by atoms with Crippen LogP contribution in [-0.2, 0) is 11.4 Å². The van der Waals surface area contributed by atoms with Gasteiger partial charge in [0.2, 0.25) is 0 Å². The molecule has 1 N–H and O–H groups in total. The molecule has 0 saturated heterocycles. The molecule has 0 radical (unpaired) electrons. The average molecular weight is 443 g/mol. The molecule has 0 aromatic heterocycles. The molecule has 0 unspecified atom stereocenters. The third kappa shape index (κ3) is 6.14. The zero-order valence-electron chi connectivity index (χ0n) is 16.0. The number of rotatable bonds is 9. The average Bonchev–Trinajstić information content (AvgIpc) is 2.71. The Morgan fingerprint density at radius 1 is 1.29 bits per heavy atom. The zero-order chi connectivity index (χ0) is 20.4. The van der Waals surface area contributed by atoms with Crippen LogP contribution in [0.3, 0.4) is 0 Å². The van der Waals surface area contributed by atoms with E-state index in [4.69, 9.17) is 9.47 Å². The second kappa shape index (κ2) is 11.2. The van der Waals surface area contributed by atoms with Crippen LogP contribution in [0, 0.1) is 11.3 Å². The lowest BCUT2D eigenvalue weighted by molar-refractivity contribution is -0.117. The van der Waals surface area contributed by atoms with Crippen LogP contribution in [0.25, 0.3) is 6.08 Å². The first-order valence-corrected chi connectivity index (χ1v) is 9.82. The standard InChI is InChI=1S/C22H23BrN2O3/c1-3-4-10-25-22(26)18(14-24)11-17-12-19(23)21(20(13-17)27-2)28-15-16-8-6-5-7-9-16/h5-9,11-13H,3-4,10,15H2,1-2H3,(H,25,26)/b18-11-. The van der Waals surface area contributed by atoms with Gasteiger partial charge in [-0.2, -0.15) is 5.26 Å². The van der Waals surface area contributed by atoms with E-state index in [0.29, 0.717) is 34.7 Å². The Labute approximate surface area is 174 Å². The summed E-state index contributed by atoms with van der Waals surface area (Å²) in [5.74, 6) is 0.699. The summed E-state index contributed by atoms with van der Waals surface area (Å²) in [5.41, 5.74) is 1.75. The first-order chi connectivity index (χ1) is 13.6. The molecule has 0 saturated carbocycles. The molecule has 0 aliphatic carbocycles. The van der Waals surface area contributed by atoms with Crippen molar-refractivity contribution in [3.8, 4) is 17.6 Å². The molecule has 0 atom stereocenters. The van der Waals surface area contributed by atoms with Gasteiger partial charge in [-0.25, -0.2) is 0 Å². The van der Waals surface area contributed by atoms with Crippen molar-refractivity contribution in [2.45, 2.75) is 26.4 Å². The minimum Gasteiger partial charge on any atom is -0.493 e. The lowest BCUT2D eigenvalue weighted by Gasteiger charge is -2.14. The number of benzene rings is 2. The summed E-state index contributed by atoms with van der Waals surface area (Å²) in [6, 6.07) is 15.3. The predicted octanol–water partition coefficient (Wildman–Crippen LogP) is 4.86. The highest BCUT2D eigenvalue weighted by molar-refractivity contribution is 9.10.